The fourth-order valence-electron chi connectivity index (χ4n) is 1.49. The lowest BCUT2D eigenvalue weighted by Crippen LogP contribution is -2.52. The number of hydrogen-bond acceptors (Lipinski definition) is 2. The minimum absolute atomic E-state index is 0.0579. The molecular weight excluding hydrogens is 128 g/mol. The van der Waals surface area contributed by atoms with Gasteiger partial charge in [-0.3, -0.25) is 0 Å². The van der Waals surface area contributed by atoms with Crippen LogP contribution in [0.25, 0.3) is 0 Å². The van der Waals surface area contributed by atoms with E-state index in [9.17, 15) is 0 Å². The maximum atomic E-state index is 5.26. The Labute approximate surface area is 62.5 Å². The monoisotopic (exact) mass is 144 g/mol. The Morgan fingerprint density at radius 2 is 2.10 bits per heavy atom. The number of methoxy groups -OCH3 is 1. The molecule has 0 spiro atoms. The maximum absolute atomic E-state index is 5.26. The predicted octanol–water partition coefficient (Wildman–Crippen LogP) is 1.80. The van der Waals surface area contributed by atoms with E-state index in [-0.39, 0.29) is 6.29 Å². The molecule has 1 fully saturated rings. The van der Waals surface area contributed by atoms with Gasteiger partial charge in [-0.05, 0) is 12.8 Å². The average Bonchev–Trinajstić information content (AvgIpc) is 1.90. The molecule has 0 aromatic carbocycles. The summed E-state index contributed by atoms with van der Waals surface area (Å²) in [5, 5.41) is 0. The number of hydrogen-bond donors (Lipinski definition) is 0. The van der Waals surface area contributed by atoms with Gasteiger partial charge in [0, 0.05) is 12.5 Å². The first-order valence-electron chi connectivity index (χ1n) is 3.93. The van der Waals surface area contributed by atoms with Crippen LogP contribution in [0.15, 0.2) is 0 Å². The van der Waals surface area contributed by atoms with Gasteiger partial charge in [0.15, 0.2) is 6.29 Å². The van der Waals surface area contributed by atoms with Gasteiger partial charge in [-0.1, -0.05) is 13.8 Å². The molecule has 1 saturated heterocycles. The summed E-state index contributed by atoms with van der Waals surface area (Å²) < 4.78 is 10.4. The molecule has 0 saturated carbocycles. The molecule has 0 aliphatic carbocycles. The van der Waals surface area contributed by atoms with E-state index in [1.807, 2.05) is 0 Å². The fraction of sp³-hybridized carbons (Fsp3) is 1.00. The second kappa shape index (κ2) is 2.89. The molecule has 0 N–H and O–H groups in total. The molecule has 10 heavy (non-hydrogen) atoms. The minimum atomic E-state index is 0.0579. The first kappa shape index (κ1) is 8.02. The smallest absolute Gasteiger partial charge is 0.164 e. The molecule has 1 rings (SSSR count). The molecule has 60 valence electrons. The van der Waals surface area contributed by atoms with E-state index >= 15 is 0 Å². The van der Waals surface area contributed by atoms with Crippen molar-refractivity contribution in [3.63, 3.8) is 0 Å². The van der Waals surface area contributed by atoms with Gasteiger partial charge in [-0.25, -0.2) is 0 Å². The minimum Gasteiger partial charge on any atom is -0.355 e. The SMILES string of the molecule is CCC1(CC)COC1OC. The van der Waals surface area contributed by atoms with Crippen LogP contribution in [0, 0.1) is 5.41 Å². The second-order valence-corrected chi connectivity index (χ2v) is 2.95. The molecule has 0 aromatic rings. The van der Waals surface area contributed by atoms with E-state index in [0.717, 1.165) is 19.4 Å². The van der Waals surface area contributed by atoms with Crippen LogP contribution in [0.3, 0.4) is 0 Å². The third-order valence-corrected chi connectivity index (χ3v) is 2.64. The first-order valence-corrected chi connectivity index (χ1v) is 3.93. The lowest BCUT2D eigenvalue weighted by atomic mass is 9.79. The summed E-state index contributed by atoms with van der Waals surface area (Å²) >= 11 is 0. The summed E-state index contributed by atoms with van der Waals surface area (Å²) in [6.45, 7) is 5.26. The van der Waals surface area contributed by atoms with Gasteiger partial charge in [0.1, 0.15) is 0 Å². The van der Waals surface area contributed by atoms with Crippen LogP contribution in [-0.2, 0) is 9.47 Å². The van der Waals surface area contributed by atoms with Gasteiger partial charge < -0.3 is 9.47 Å². The molecule has 1 heterocycles. The normalized spacial score (nSPS) is 29.7. The summed E-state index contributed by atoms with van der Waals surface area (Å²) in [6, 6.07) is 0. The lowest BCUT2D eigenvalue weighted by Gasteiger charge is -2.47. The molecule has 0 radical (unpaired) electrons. The molecule has 1 aliphatic heterocycles. The standard InChI is InChI=1S/C8H16O2/c1-4-8(5-2)6-10-7(8)9-3/h7H,4-6H2,1-3H3. The molecule has 1 aliphatic rings. The topological polar surface area (TPSA) is 18.5 Å². The van der Waals surface area contributed by atoms with Crippen LogP contribution in [0.1, 0.15) is 26.7 Å². The Kier molecular flexibility index (Phi) is 2.32. The van der Waals surface area contributed by atoms with Crippen molar-refractivity contribution in [3.8, 4) is 0 Å². The zero-order valence-electron chi connectivity index (χ0n) is 7.02. The summed E-state index contributed by atoms with van der Waals surface area (Å²) in [5.41, 5.74) is 0.328. The highest BCUT2D eigenvalue weighted by Gasteiger charge is 2.45. The van der Waals surface area contributed by atoms with Crippen molar-refractivity contribution in [2.45, 2.75) is 33.0 Å². The van der Waals surface area contributed by atoms with Crippen LogP contribution in [0.5, 0.6) is 0 Å². The van der Waals surface area contributed by atoms with E-state index in [1.54, 1.807) is 7.11 Å². The van der Waals surface area contributed by atoms with E-state index < -0.39 is 0 Å². The van der Waals surface area contributed by atoms with Crippen molar-refractivity contribution in [2.75, 3.05) is 13.7 Å². The van der Waals surface area contributed by atoms with Gasteiger partial charge >= 0.3 is 0 Å². The molecule has 2 nitrogen and oxygen atoms in total. The van der Waals surface area contributed by atoms with Crippen LogP contribution in [-0.4, -0.2) is 20.0 Å². The molecule has 0 bridgehead atoms. The van der Waals surface area contributed by atoms with E-state index in [1.165, 1.54) is 0 Å². The van der Waals surface area contributed by atoms with Gasteiger partial charge in [0.25, 0.3) is 0 Å². The highest BCUT2D eigenvalue weighted by molar-refractivity contribution is 4.87. The highest BCUT2D eigenvalue weighted by Crippen LogP contribution is 2.41. The Bertz CT molecular complexity index is 100. The highest BCUT2D eigenvalue weighted by atomic mass is 16.7. The van der Waals surface area contributed by atoms with Gasteiger partial charge in [-0.2, -0.15) is 0 Å². The first-order chi connectivity index (χ1) is 4.79. The third-order valence-electron chi connectivity index (χ3n) is 2.64. The van der Waals surface area contributed by atoms with E-state index in [4.69, 9.17) is 9.47 Å². The quantitative estimate of drug-likeness (QED) is 0.601. The largest absolute Gasteiger partial charge is 0.355 e. The molecule has 0 aromatic heterocycles. The van der Waals surface area contributed by atoms with Crippen molar-refractivity contribution >= 4 is 0 Å². The Morgan fingerprint density at radius 1 is 1.50 bits per heavy atom. The zero-order chi connectivity index (χ0) is 7.61. The van der Waals surface area contributed by atoms with Gasteiger partial charge in [-0.15, -0.1) is 0 Å². The summed E-state index contributed by atoms with van der Waals surface area (Å²) in [7, 11) is 1.71. The van der Waals surface area contributed by atoms with Crippen molar-refractivity contribution in [1.29, 1.82) is 0 Å². The molecule has 1 atom stereocenters. The van der Waals surface area contributed by atoms with E-state index in [0.29, 0.717) is 5.41 Å². The zero-order valence-corrected chi connectivity index (χ0v) is 7.02. The summed E-state index contributed by atoms with van der Waals surface area (Å²) in [5.74, 6) is 0. The van der Waals surface area contributed by atoms with Crippen LogP contribution in [0.4, 0.5) is 0 Å². The fourth-order valence-corrected chi connectivity index (χ4v) is 1.49. The van der Waals surface area contributed by atoms with Gasteiger partial charge in [0.05, 0.1) is 6.61 Å². The number of ether oxygens (including phenoxy) is 2. The van der Waals surface area contributed by atoms with Crippen molar-refractivity contribution in [3.05, 3.63) is 0 Å². The summed E-state index contributed by atoms with van der Waals surface area (Å²) in [4.78, 5) is 0. The number of rotatable bonds is 3. The predicted molar refractivity (Wildman–Crippen MR) is 39.8 cm³/mol. The van der Waals surface area contributed by atoms with Crippen molar-refractivity contribution < 1.29 is 9.47 Å². The molecule has 2 heteroatoms. The van der Waals surface area contributed by atoms with Crippen molar-refractivity contribution in [2.24, 2.45) is 5.41 Å². The summed E-state index contributed by atoms with van der Waals surface area (Å²) in [6.07, 6.45) is 2.37. The Hall–Kier alpha value is -0.0800. The van der Waals surface area contributed by atoms with Crippen LogP contribution in [0.2, 0.25) is 0 Å². The maximum Gasteiger partial charge on any atom is 0.164 e. The molecule has 0 amide bonds. The lowest BCUT2D eigenvalue weighted by molar-refractivity contribution is -0.302. The van der Waals surface area contributed by atoms with Crippen molar-refractivity contribution in [1.82, 2.24) is 0 Å². The molecular formula is C8H16O2. The van der Waals surface area contributed by atoms with Crippen LogP contribution < -0.4 is 0 Å². The van der Waals surface area contributed by atoms with Crippen LogP contribution >= 0.6 is 0 Å². The Morgan fingerprint density at radius 3 is 2.20 bits per heavy atom. The van der Waals surface area contributed by atoms with Gasteiger partial charge in [0.2, 0.25) is 0 Å². The molecule has 1 unspecified atom stereocenters. The third kappa shape index (κ3) is 0.956. The Balaban J connectivity index is 2.48. The average molecular weight is 144 g/mol. The second-order valence-electron chi connectivity index (χ2n) is 2.95. The van der Waals surface area contributed by atoms with E-state index in [2.05, 4.69) is 13.8 Å².